The molecule has 2 atom stereocenters. The van der Waals surface area contributed by atoms with E-state index in [0.717, 1.165) is 61.6 Å². The number of fused-ring (bicyclic) bond motifs is 1. The summed E-state index contributed by atoms with van der Waals surface area (Å²) in [6, 6.07) is 1.80. The summed E-state index contributed by atoms with van der Waals surface area (Å²) in [5.74, 6) is 1.02. The number of carbonyl (C=O) groups is 1. The first-order valence-electron chi connectivity index (χ1n) is 11.7. The van der Waals surface area contributed by atoms with Crippen molar-refractivity contribution in [3.05, 3.63) is 28.1 Å². The average molecular weight is 502 g/mol. The maximum Gasteiger partial charge on any atom is 0.422 e. The fourth-order valence-electron chi connectivity index (χ4n) is 4.48. The summed E-state index contributed by atoms with van der Waals surface area (Å²) in [5.41, 5.74) is 1.63. The Bertz CT molecular complexity index is 928. The molecule has 0 aromatic carbocycles. The predicted octanol–water partition coefficient (Wildman–Crippen LogP) is 4.17. The van der Waals surface area contributed by atoms with E-state index in [0.29, 0.717) is 25.2 Å². The molecule has 0 aliphatic carbocycles. The number of nitrogens with zero attached hydrogens (tertiary/aromatic N) is 3. The molecule has 188 valence electrons. The number of ether oxygens (including phenoxy) is 2. The van der Waals surface area contributed by atoms with Crippen LogP contribution in [0.4, 0.5) is 13.2 Å². The molecule has 34 heavy (non-hydrogen) atoms. The zero-order valence-corrected chi connectivity index (χ0v) is 20.1. The van der Waals surface area contributed by atoms with Gasteiger partial charge in [-0.25, -0.2) is 4.98 Å². The summed E-state index contributed by atoms with van der Waals surface area (Å²) in [5, 5.41) is 3.92. The van der Waals surface area contributed by atoms with E-state index in [1.165, 1.54) is 11.3 Å². The number of ketones is 1. The van der Waals surface area contributed by atoms with Crippen LogP contribution in [0.25, 0.3) is 0 Å². The normalized spacial score (nSPS) is 21.8. The molecule has 0 amide bonds. The fraction of sp³-hybridized carbons (Fsp3) is 0.696. The van der Waals surface area contributed by atoms with Gasteiger partial charge in [-0.2, -0.15) is 13.2 Å². The molecule has 1 fully saturated rings. The van der Waals surface area contributed by atoms with Gasteiger partial charge in [0.15, 0.2) is 6.61 Å². The van der Waals surface area contributed by atoms with Gasteiger partial charge in [0, 0.05) is 43.4 Å². The van der Waals surface area contributed by atoms with E-state index >= 15 is 0 Å². The number of carbonyl (C=O) groups excluding carboxylic acids is 1. The van der Waals surface area contributed by atoms with E-state index in [1.54, 1.807) is 6.07 Å². The topological polar surface area (TPSA) is 77.7 Å². The number of alkyl halides is 3. The lowest BCUT2D eigenvalue weighted by Gasteiger charge is -2.30. The van der Waals surface area contributed by atoms with Gasteiger partial charge in [0.1, 0.15) is 11.5 Å². The molecule has 1 saturated heterocycles. The molecule has 0 radical (unpaired) electrons. The van der Waals surface area contributed by atoms with Crippen molar-refractivity contribution in [2.45, 2.75) is 64.1 Å². The highest BCUT2D eigenvalue weighted by Crippen LogP contribution is 2.30. The van der Waals surface area contributed by atoms with E-state index in [-0.39, 0.29) is 29.4 Å². The van der Waals surface area contributed by atoms with Crippen LogP contribution in [0.15, 0.2) is 10.6 Å². The molecular weight excluding hydrogens is 471 g/mol. The number of aryl methyl sites for hydroxylation is 1. The Balaban J connectivity index is 1.13. The Morgan fingerprint density at radius 3 is 2.82 bits per heavy atom. The summed E-state index contributed by atoms with van der Waals surface area (Å²) in [6.45, 7) is 3.71. The Hall–Kier alpha value is -1.98. The van der Waals surface area contributed by atoms with Gasteiger partial charge in [0.05, 0.1) is 30.5 Å². The summed E-state index contributed by atoms with van der Waals surface area (Å²) in [7, 11) is 0. The Labute approximate surface area is 200 Å². The van der Waals surface area contributed by atoms with E-state index < -0.39 is 12.8 Å². The van der Waals surface area contributed by atoms with Gasteiger partial charge in [0.2, 0.25) is 0 Å². The van der Waals surface area contributed by atoms with Crippen LogP contribution in [0.1, 0.15) is 47.7 Å². The average Bonchev–Trinajstić information content (AvgIpc) is 3.32. The van der Waals surface area contributed by atoms with Crippen molar-refractivity contribution in [2.75, 3.05) is 32.8 Å². The van der Waals surface area contributed by atoms with Gasteiger partial charge in [-0.3, -0.25) is 4.79 Å². The van der Waals surface area contributed by atoms with Crippen molar-refractivity contribution in [3.8, 4) is 5.19 Å². The first-order chi connectivity index (χ1) is 16.2. The SMILES string of the molecule is Cc1cc(CC(=O)C[C@H]2CC[C@H](CCN3CCc4nc(OCC(F)(F)F)sc4CC3)OC2)on1. The van der Waals surface area contributed by atoms with Crippen LogP contribution in [0.5, 0.6) is 5.19 Å². The summed E-state index contributed by atoms with van der Waals surface area (Å²) in [4.78, 5) is 19.9. The van der Waals surface area contributed by atoms with E-state index in [2.05, 4.69) is 15.0 Å². The Morgan fingerprint density at radius 2 is 2.12 bits per heavy atom. The molecule has 0 bridgehead atoms. The number of thiazole rings is 1. The van der Waals surface area contributed by atoms with E-state index in [1.807, 2.05) is 6.92 Å². The minimum absolute atomic E-state index is 0.107. The Kier molecular flexibility index (Phi) is 8.26. The van der Waals surface area contributed by atoms with Crippen LogP contribution in [0, 0.1) is 12.8 Å². The molecule has 7 nitrogen and oxygen atoms in total. The number of aromatic nitrogens is 2. The van der Waals surface area contributed by atoms with Crippen LogP contribution >= 0.6 is 11.3 Å². The highest BCUT2D eigenvalue weighted by atomic mass is 32.1. The maximum atomic E-state index is 12.4. The third-order valence-electron chi connectivity index (χ3n) is 6.23. The van der Waals surface area contributed by atoms with Gasteiger partial charge >= 0.3 is 6.18 Å². The number of rotatable bonds is 9. The Morgan fingerprint density at radius 1 is 1.29 bits per heavy atom. The quantitative estimate of drug-likeness (QED) is 0.510. The van der Waals surface area contributed by atoms with Crippen molar-refractivity contribution < 1.29 is 32.0 Å². The highest BCUT2D eigenvalue weighted by molar-refractivity contribution is 7.13. The van der Waals surface area contributed by atoms with Crippen molar-refractivity contribution >= 4 is 17.1 Å². The number of hydrogen-bond acceptors (Lipinski definition) is 8. The fourth-order valence-corrected chi connectivity index (χ4v) is 5.42. The van der Waals surface area contributed by atoms with Crippen LogP contribution in [0.2, 0.25) is 0 Å². The lowest BCUT2D eigenvalue weighted by atomic mass is 9.91. The maximum absolute atomic E-state index is 12.4. The van der Waals surface area contributed by atoms with Gasteiger partial charge in [0.25, 0.3) is 5.19 Å². The zero-order valence-electron chi connectivity index (χ0n) is 19.2. The first-order valence-corrected chi connectivity index (χ1v) is 12.5. The molecule has 0 unspecified atom stereocenters. The molecule has 2 aliphatic rings. The number of halogens is 3. The second-order valence-electron chi connectivity index (χ2n) is 9.14. The molecule has 11 heteroatoms. The van der Waals surface area contributed by atoms with Crippen LogP contribution in [-0.2, 0) is 28.8 Å². The molecule has 2 aromatic heterocycles. The van der Waals surface area contributed by atoms with Crippen LogP contribution in [-0.4, -0.2) is 66.0 Å². The summed E-state index contributed by atoms with van der Waals surface area (Å²) < 4.78 is 53.0. The molecule has 4 rings (SSSR count). The third kappa shape index (κ3) is 7.51. The van der Waals surface area contributed by atoms with Crippen molar-refractivity contribution in [1.29, 1.82) is 0 Å². The smallest absolute Gasteiger partial charge is 0.422 e. The molecule has 0 saturated carbocycles. The number of hydrogen-bond donors (Lipinski definition) is 0. The minimum atomic E-state index is -4.35. The molecule has 2 aromatic rings. The molecular formula is C23H30F3N3O4S. The van der Waals surface area contributed by atoms with Gasteiger partial charge < -0.3 is 18.9 Å². The minimum Gasteiger partial charge on any atom is -0.460 e. The standard InChI is InChI=1S/C23H30F3N3O4S/c1-15-10-19(33-28-15)12-17(30)11-16-2-3-18(31-13-16)4-7-29-8-5-20-21(6-9-29)34-22(27-20)32-14-23(24,25)26/h10,16,18H,2-9,11-14H2,1H3/t16-,18-/m1/s1. The van der Waals surface area contributed by atoms with Crippen molar-refractivity contribution in [3.63, 3.8) is 0 Å². The van der Waals surface area contributed by atoms with Crippen LogP contribution in [0.3, 0.4) is 0 Å². The summed E-state index contributed by atoms with van der Waals surface area (Å²) in [6.07, 6.45) is 0.961. The monoisotopic (exact) mass is 501 g/mol. The van der Waals surface area contributed by atoms with Crippen molar-refractivity contribution in [1.82, 2.24) is 15.0 Å². The van der Waals surface area contributed by atoms with Gasteiger partial charge in [-0.1, -0.05) is 16.5 Å². The van der Waals surface area contributed by atoms with Gasteiger partial charge in [-0.15, -0.1) is 0 Å². The second-order valence-corrected chi connectivity index (χ2v) is 10.2. The second kappa shape index (κ2) is 11.2. The lowest BCUT2D eigenvalue weighted by molar-refractivity contribution is -0.153. The van der Waals surface area contributed by atoms with Gasteiger partial charge in [-0.05, 0) is 38.5 Å². The molecule has 0 N–H and O–H groups in total. The highest BCUT2D eigenvalue weighted by Gasteiger charge is 2.30. The molecule has 0 spiro atoms. The molecule has 4 heterocycles. The number of Topliss-reactive ketones (excluding diaryl/α,β-unsaturated/α-hetero) is 1. The largest absolute Gasteiger partial charge is 0.460 e. The van der Waals surface area contributed by atoms with E-state index in [4.69, 9.17) is 14.0 Å². The zero-order chi connectivity index (χ0) is 24.1. The summed E-state index contributed by atoms with van der Waals surface area (Å²) >= 11 is 1.22. The third-order valence-corrected chi connectivity index (χ3v) is 7.30. The van der Waals surface area contributed by atoms with Crippen molar-refractivity contribution in [2.24, 2.45) is 5.92 Å². The lowest BCUT2D eigenvalue weighted by Crippen LogP contribution is -2.33. The molecule has 2 aliphatic heterocycles. The van der Waals surface area contributed by atoms with E-state index in [9.17, 15) is 18.0 Å². The predicted molar refractivity (Wildman–Crippen MR) is 119 cm³/mol. The van der Waals surface area contributed by atoms with Crippen LogP contribution < -0.4 is 4.74 Å². The first kappa shape index (κ1) is 25.1.